The van der Waals surface area contributed by atoms with Gasteiger partial charge in [0.05, 0.1) is 11.4 Å². The van der Waals surface area contributed by atoms with E-state index in [1.54, 1.807) is 12.1 Å². The fourth-order valence-corrected chi connectivity index (χ4v) is 5.35. The molecule has 0 radical (unpaired) electrons. The lowest BCUT2D eigenvalue weighted by Gasteiger charge is -2.30. The minimum absolute atomic E-state index is 0.0507. The molecule has 1 N–H and O–H groups in total. The molecule has 1 amide bonds. The summed E-state index contributed by atoms with van der Waals surface area (Å²) in [5.41, 5.74) is 3.17. The number of anilines is 1. The Morgan fingerprint density at radius 3 is 2.43 bits per heavy atom. The molecular weight excluding hydrogens is 398 g/mol. The summed E-state index contributed by atoms with van der Waals surface area (Å²) in [6, 6.07) is 14.9. The van der Waals surface area contributed by atoms with E-state index in [2.05, 4.69) is 11.4 Å². The van der Waals surface area contributed by atoms with Crippen molar-refractivity contribution in [1.29, 1.82) is 0 Å². The predicted octanol–water partition coefficient (Wildman–Crippen LogP) is 3.35. The van der Waals surface area contributed by atoms with Crippen molar-refractivity contribution in [2.75, 3.05) is 31.1 Å². The molecule has 1 atom stereocenters. The molecule has 6 nitrogen and oxygen atoms in total. The molecule has 0 fully saturated rings. The van der Waals surface area contributed by atoms with E-state index in [0.29, 0.717) is 18.0 Å². The monoisotopic (exact) mass is 429 g/mol. The highest BCUT2D eigenvalue weighted by atomic mass is 32.2. The zero-order chi connectivity index (χ0) is 21.7. The van der Waals surface area contributed by atoms with Gasteiger partial charge in [-0.05, 0) is 49.1 Å². The van der Waals surface area contributed by atoms with Crippen LogP contribution in [0, 0.1) is 0 Å². The number of hydrogen-bond donors (Lipinski definition) is 1. The molecule has 2 aromatic rings. The summed E-state index contributed by atoms with van der Waals surface area (Å²) >= 11 is 0. The van der Waals surface area contributed by atoms with Gasteiger partial charge >= 0.3 is 0 Å². The molecule has 0 bridgehead atoms. The third-order valence-electron chi connectivity index (χ3n) is 5.69. The third-order valence-corrected chi connectivity index (χ3v) is 7.76. The van der Waals surface area contributed by atoms with Crippen LogP contribution in [0.1, 0.15) is 44.4 Å². The van der Waals surface area contributed by atoms with Gasteiger partial charge in [-0.3, -0.25) is 4.79 Å². The molecule has 30 heavy (non-hydrogen) atoms. The lowest BCUT2D eigenvalue weighted by atomic mass is 10.0. The van der Waals surface area contributed by atoms with Crippen molar-refractivity contribution >= 4 is 21.6 Å². The Bertz CT molecular complexity index is 969. The van der Waals surface area contributed by atoms with Crippen LogP contribution in [-0.4, -0.2) is 44.8 Å². The fourth-order valence-electron chi connectivity index (χ4n) is 3.89. The fraction of sp³-hybridized carbons (Fsp3) is 0.435. The van der Waals surface area contributed by atoms with Gasteiger partial charge in [-0.25, -0.2) is 8.42 Å². The van der Waals surface area contributed by atoms with Crippen LogP contribution in [0.5, 0.6) is 0 Å². The van der Waals surface area contributed by atoms with Crippen LogP contribution in [0.15, 0.2) is 53.4 Å². The van der Waals surface area contributed by atoms with E-state index in [9.17, 15) is 13.2 Å². The number of benzene rings is 2. The second-order valence-corrected chi connectivity index (χ2v) is 9.48. The van der Waals surface area contributed by atoms with Crippen LogP contribution in [0.25, 0.3) is 0 Å². The second-order valence-electron chi connectivity index (χ2n) is 7.54. The molecule has 1 aliphatic heterocycles. The summed E-state index contributed by atoms with van der Waals surface area (Å²) in [5.74, 6) is 0.0507. The van der Waals surface area contributed by atoms with Crippen molar-refractivity contribution in [2.24, 2.45) is 0 Å². The maximum absolute atomic E-state index is 12.8. The molecular formula is C23H31N3O3S. The average molecular weight is 430 g/mol. The van der Waals surface area contributed by atoms with Gasteiger partial charge in [0.1, 0.15) is 0 Å². The zero-order valence-electron chi connectivity index (χ0n) is 18.0. The molecule has 0 unspecified atom stereocenters. The van der Waals surface area contributed by atoms with Crippen molar-refractivity contribution in [3.05, 3.63) is 59.7 Å². The summed E-state index contributed by atoms with van der Waals surface area (Å²) in [4.78, 5) is 15.0. The first kappa shape index (κ1) is 22.5. The van der Waals surface area contributed by atoms with Crippen LogP contribution in [-0.2, 0) is 21.2 Å². The van der Waals surface area contributed by atoms with Crippen molar-refractivity contribution in [3.63, 3.8) is 0 Å². The number of hydrogen-bond acceptors (Lipinski definition) is 4. The third kappa shape index (κ3) is 4.74. The number of para-hydroxylation sites is 1. The van der Waals surface area contributed by atoms with E-state index in [1.165, 1.54) is 9.87 Å². The van der Waals surface area contributed by atoms with E-state index in [1.807, 2.05) is 56.0 Å². The molecule has 1 aliphatic rings. The Morgan fingerprint density at radius 1 is 1.10 bits per heavy atom. The molecule has 0 aromatic heterocycles. The smallest absolute Gasteiger partial charge is 0.243 e. The van der Waals surface area contributed by atoms with Crippen molar-refractivity contribution in [3.8, 4) is 0 Å². The van der Waals surface area contributed by atoms with E-state index in [0.717, 1.165) is 30.6 Å². The van der Waals surface area contributed by atoms with Gasteiger partial charge in [-0.2, -0.15) is 4.31 Å². The summed E-state index contributed by atoms with van der Waals surface area (Å²) in [6.07, 6.45) is 1.98. The number of nitrogens with one attached hydrogen (secondary N) is 1. The largest absolute Gasteiger partial charge is 0.311 e. The maximum atomic E-state index is 12.8. The van der Waals surface area contributed by atoms with Crippen molar-refractivity contribution < 1.29 is 13.2 Å². The number of carbonyl (C=O) groups excluding carboxylic acids is 1. The Kier molecular flexibility index (Phi) is 7.28. The SMILES string of the molecule is CCN(CC)S(=O)(=O)c1ccc([C@H](C)NCC(=O)N2CCCc3ccccc32)cc1. The first-order chi connectivity index (χ1) is 14.4. The van der Waals surface area contributed by atoms with Gasteiger partial charge in [-0.15, -0.1) is 0 Å². The number of carbonyl (C=O) groups is 1. The van der Waals surface area contributed by atoms with E-state index < -0.39 is 10.0 Å². The number of fused-ring (bicyclic) bond motifs is 1. The summed E-state index contributed by atoms with van der Waals surface area (Å²) < 4.78 is 26.7. The number of rotatable bonds is 8. The van der Waals surface area contributed by atoms with Gasteiger partial charge in [0.15, 0.2) is 0 Å². The van der Waals surface area contributed by atoms with Crippen LogP contribution in [0.3, 0.4) is 0 Å². The predicted molar refractivity (Wildman–Crippen MR) is 120 cm³/mol. The Balaban J connectivity index is 1.63. The van der Waals surface area contributed by atoms with Crippen LogP contribution < -0.4 is 10.2 Å². The zero-order valence-corrected chi connectivity index (χ0v) is 18.8. The standard InChI is InChI=1S/C23H31N3O3S/c1-4-25(5-2)30(28,29)21-14-12-19(13-15-21)18(3)24-17-23(27)26-16-8-10-20-9-6-7-11-22(20)26/h6-7,9,11-15,18,24H,4-5,8,10,16-17H2,1-3H3/t18-/m0/s1. The van der Waals surface area contributed by atoms with Gasteiger partial charge in [0.25, 0.3) is 0 Å². The van der Waals surface area contributed by atoms with Gasteiger partial charge in [-0.1, -0.05) is 44.2 Å². The molecule has 0 spiro atoms. The molecule has 162 valence electrons. The first-order valence-corrected chi connectivity index (χ1v) is 12.0. The Morgan fingerprint density at radius 2 is 1.77 bits per heavy atom. The van der Waals surface area contributed by atoms with E-state index in [4.69, 9.17) is 0 Å². The van der Waals surface area contributed by atoms with Gasteiger partial charge in [0, 0.05) is 31.4 Å². The minimum Gasteiger partial charge on any atom is -0.311 e. The molecule has 7 heteroatoms. The van der Waals surface area contributed by atoms with Gasteiger partial charge in [0.2, 0.25) is 15.9 Å². The first-order valence-electron chi connectivity index (χ1n) is 10.6. The van der Waals surface area contributed by atoms with Gasteiger partial charge < -0.3 is 10.2 Å². The molecule has 0 aliphatic carbocycles. The Hall–Kier alpha value is -2.22. The minimum atomic E-state index is -3.46. The lowest BCUT2D eigenvalue weighted by Crippen LogP contribution is -2.41. The molecule has 0 saturated heterocycles. The van der Waals surface area contributed by atoms with Crippen molar-refractivity contribution in [2.45, 2.75) is 44.6 Å². The highest BCUT2D eigenvalue weighted by molar-refractivity contribution is 7.89. The quantitative estimate of drug-likeness (QED) is 0.699. The second kappa shape index (κ2) is 9.73. The molecule has 0 saturated carbocycles. The van der Waals surface area contributed by atoms with E-state index >= 15 is 0 Å². The highest BCUT2D eigenvalue weighted by Crippen LogP contribution is 2.26. The van der Waals surface area contributed by atoms with Crippen LogP contribution in [0.2, 0.25) is 0 Å². The summed E-state index contributed by atoms with van der Waals surface area (Å²) in [7, 11) is -3.46. The molecule has 2 aromatic carbocycles. The highest BCUT2D eigenvalue weighted by Gasteiger charge is 2.23. The van der Waals surface area contributed by atoms with Crippen molar-refractivity contribution in [1.82, 2.24) is 9.62 Å². The lowest BCUT2D eigenvalue weighted by molar-refractivity contribution is -0.118. The normalized spacial score (nSPS) is 15.1. The van der Waals surface area contributed by atoms with Crippen LogP contribution >= 0.6 is 0 Å². The number of aryl methyl sites for hydroxylation is 1. The summed E-state index contributed by atoms with van der Waals surface area (Å²) in [5, 5.41) is 3.28. The molecule has 1 heterocycles. The van der Waals surface area contributed by atoms with Crippen LogP contribution in [0.4, 0.5) is 5.69 Å². The Labute approximate surface area is 179 Å². The number of amides is 1. The number of nitrogens with zero attached hydrogens (tertiary/aromatic N) is 2. The molecule has 3 rings (SSSR count). The number of sulfonamides is 1. The summed E-state index contributed by atoms with van der Waals surface area (Å²) in [6.45, 7) is 7.50. The topological polar surface area (TPSA) is 69.7 Å². The average Bonchev–Trinajstić information content (AvgIpc) is 2.77. The van der Waals surface area contributed by atoms with E-state index in [-0.39, 0.29) is 18.5 Å². The maximum Gasteiger partial charge on any atom is 0.243 e.